The zero-order valence-corrected chi connectivity index (χ0v) is 19.4. The summed E-state index contributed by atoms with van der Waals surface area (Å²) in [5, 5.41) is 7.46. The monoisotopic (exact) mass is 478 g/mol. The van der Waals surface area contributed by atoms with Gasteiger partial charge in [-0.05, 0) is 26.4 Å². The second kappa shape index (κ2) is 10.4. The molecule has 7 nitrogen and oxygen atoms in total. The highest BCUT2D eigenvalue weighted by atomic mass is 127. The van der Waals surface area contributed by atoms with Gasteiger partial charge in [-0.25, -0.2) is 4.99 Å². The molecule has 0 spiro atoms. The summed E-state index contributed by atoms with van der Waals surface area (Å²) < 4.78 is 5.35. The summed E-state index contributed by atoms with van der Waals surface area (Å²) in [6, 6.07) is 0.608. The van der Waals surface area contributed by atoms with E-state index in [4.69, 9.17) is 9.52 Å². The van der Waals surface area contributed by atoms with E-state index in [0.717, 1.165) is 38.7 Å². The minimum atomic E-state index is -0.134. The second-order valence-corrected chi connectivity index (χ2v) is 7.55. The number of halogens is 1. The standard InChI is InChI=1S/C18H34N6O.HI/c1-7-19-17(24-11-10-14(13-24)23(8-2)9-3)20-12-15-21-16(25-22-15)18(4,5)6;/h14H,7-13H2,1-6H3,(H,19,20);1H. The number of hydrogen-bond donors (Lipinski definition) is 1. The Morgan fingerprint density at radius 1 is 1.31 bits per heavy atom. The van der Waals surface area contributed by atoms with Crippen LogP contribution in [0.25, 0.3) is 0 Å². The van der Waals surface area contributed by atoms with Gasteiger partial charge >= 0.3 is 0 Å². The van der Waals surface area contributed by atoms with E-state index in [0.29, 0.717) is 24.3 Å². The Bertz CT molecular complexity index is 564. The smallest absolute Gasteiger partial charge is 0.232 e. The third-order valence-corrected chi connectivity index (χ3v) is 4.61. The fraction of sp³-hybridized carbons (Fsp3) is 0.833. The molecule has 1 N–H and O–H groups in total. The summed E-state index contributed by atoms with van der Waals surface area (Å²) in [4.78, 5) is 14.1. The van der Waals surface area contributed by atoms with Gasteiger partial charge in [0.2, 0.25) is 5.89 Å². The van der Waals surface area contributed by atoms with E-state index in [9.17, 15) is 0 Å². The second-order valence-electron chi connectivity index (χ2n) is 7.55. The Balaban J connectivity index is 0.00000338. The van der Waals surface area contributed by atoms with E-state index in [1.165, 1.54) is 6.42 Å². The van der Waals surface area contributed by atoms with Crippen molar-refractivity contribution in [3.8, 4) is 0 Å². The fourth-order valence-corrected chi connectivity index (χ4v) is 3.17. The van der Waals surface area contributed by atoms with Crippen molar-refractivity contribution < 1.29 is 4.52 Å². The molecule has 1 aliphatic rings. The highest BCUT2D eigenvalue weighted by Crippen LogP contribution is 2.20. The summed E-state index contributed by atoms with van der Waals surface area (Å²) in [6.45, 7) is 18.3. The van der Waals surface area contributed by atoms with Crippen molar-refractivity contribution in [2.75, 3.05) is 32.7 Å². The van der Waals surface area contributed by atoms with Gasteiger partial charge in [0.05, 0.1) is 0 Å². The number of rotatable bonds is 6. The minimum Gasteiger partial charge on any atom is -0.357 e. The number of guanidine groups is 1. The summed E-state index contributed by atoms with van der Waals surface area (Å²) in [7, 11) is 0. The van der Waals surface area contributed by atoms with Crippen LogP contribution in [-0.4, -0.2) is 64.7 Å². The molecule has 1 aliphatic heterocycles. The van der Waals surface area contributed by atoms with Crippen LogP contribution in [0, 0.1) is 0 Å². The van der Waals surface area contributed by atoms with Gasteiger partial charge in [-0.1, -0.05) is 39.8 Å². The predicted octanol–water partition coefficient (Wildman–Crippen LogP) is 2.87. The number of nitrogens with zero attached hydrogens (tertiary/aromatic N) is 5. The zero-order valence-electron chi connectivity index (χ0n) is 17.1. The summed E-state index contributed by atoms with van der Waals surface area (Å²) in [5.41, 5.74) is -0.134. The van der Waals surface area contributed by atoms with Crippen LogP contribution in [0.15, 0.2) is 9.52 Å². The van der Waals surface area contributed by atoms with Crippen molar-refractivity contribution >= 4 is 29.9 Å². The average molecular weight is 478 g/mol. The van der Waals surface area contributed by atoms with Gasteiger partial charge in [0, 0.05) is 31.1 Å². The zero-order chi connectivity index (χ0) is 18.4. The Morgan fingerprint density at radius 2 is 2.00 bits per heavy atom. The molecule has 2 heterocycles. The first-order valence-corrected chi connectivity index (χ1v) is 9.49. The molecule has 2 rings (SSSR count). The quantitative estimate of drug-likeness (QED) is 0.385. The van der Waals surface area contributed by atoms with E-state index < -0.39 is 0 Å². The van der Waals surface area contributed by atoms with Crippen molar-refractivity contribution in [2.24, 2.45) is 4.99 Å². The van der Waals surface area contributed by atoms with Crippen LogP contribution in [0.2, 0.25) is 0 Å². The molecule has 1 aromatic heterocycles. The van der Waals surface area contributed by atoms with Gasteiger partial charge in [-0.3, -0.25) is 4.90 Å². The number of aliphatic imine (C=N–C) groups is 1. The molecule has 0 aliphatic carbocycles. The normalized spacial score (nSPS) is 18.3. The topological polar surface area (TPSA) is 69.8 Å². The van der Waals surface area contributed by atoms with Crippen molar-refractivity contribution in [3.63, 3.8) is 0 Å². The Morgan fingerprint density at radius 3 is 2.54 bits per heavy atom. The Hall–Kier alpha value is -0.900. The lowest BCUT2D eigenvalue weighted by Gasteiger charge is -2.27. The number of aromatic nitrogens is 2. The minimum absolute atomic E-state index is 0. The lowest BCUT2D eigenvalue weighted by Crippen LogP contribution is -2.43. The van der Waals surface area contributed by atoms with Crippen LogP contribution in [0.1, 0.15) is 59.7 Å². The van der Waals surface area contributed by atoms with E-state index >= 15 is 0 Å². The van der Waals surface area contributed by atoms with Crippen LogP contribution in [0.4, 0.5) is 0 Å². The molecule has 1 aromatic rings. The van der Waals surface area contributed by atoms with E-state index in [-0.39, 0.29) is 29.4 Å². The van der Waals surface area contributed by atoms with Crippen LogP contribution < -0.4 is 5.32 Å². The lowest BCUT2D eigenvalue weighted by molar-refractivity contribution is 0.223. The molecule has 0 amide bonds. The maximum atomic E-state index is 5.35. The SMILES string of the molecule is CCNC(=NCc1noc(C(C)(C)C)n1)N1CCC(N(CC)CC)C1.I. The van der Waals surface area contributed by atoms with Crippen molar-refractivity contribution in [2.45, 2.75) is 66.0 Å². The summed E-state index contributed by atoms with van der Waals surface area (Å²) in [6.07, 6.45) is 1.18. The number of likely N-dealkylation sites (tertiary alicyclic amines) is 1. The molecule has 8 heteroatoms. The molecule has 26 heavy (non-hydrogen) atoms. The highest BCUT2D eigenvalue weighted by molar-refractivity contribution is 14.0. The Labute approximate surface area is 175 Å². The van der Waals surface area contributed by atoms with Gasteiger partial charge in [-0.2, -0.15) is 4.98 Å². The molecule has 150 valence electrons. The van der Waals surface area contributed by atoms with E-state index in [1.807, 2.05) is 0 Å². The van der Waals surface area contributed by atoms with Crippen LogP contribution in [0.3, 0.4) is 0 Å². The fourth-order valence-electron chi connectivity index (χ4n) is 3.17. The predicted molar refractivity (Wildman–Crippen MR) is 116 cm³/mol. The van der Waals surface area contributed by atoms with Gasteiger partial charge in [0.25, 0.3) is 0 Å². The average Bonchev–Trinajstić information content (AvgIpc) is 3.22. The molecular weight excluding hydrogens is 443 g/mol. The summed E-state index contributed by atoms with van der Waals surface area (Å²) in [5.74, 6) is 2.24. The molecule has 1 atom stereocenters. The maximum Gasteiger partial charge on any atom is 0.232 e. The first-order chi connectivity index (χ1) is 11.9. The highest BCUT2D eigenvalue weighted by Gasteiger charge is 2.28. The Kier molecular flexibility index (Phi) is 9.29. The first kappa shape index (κ1) is 23.1. The molecule has 0 saturated carbocycles. The molecule has 1 unspecified atom stereocenters. The van der Waals surface area contributed by atoms with Gasteiger partial charge < -0.3 is 14.7 Å². The molecule has 1 fully saturated rings. The maximum absolute atomic E-state index is 5.35. The first-order valence-electron chi connectivity index (χ1n) is 9.49. The van der Waals surface area contributed by atoms with E-state index in [2.05, 4.69) is 66.8 Å². The molecule has 0 radical (unpaired) electrons. The molecule has 0 bridgehead atoms. The van der Waals surface area contributed by atoms with Crippen molar-refractivity contribution in [3.05, 3.63) is 11.7 Å². The van der Waals surface area contributed by atoms with Gasteiger partial charge in [0.15, 0.2) is 11.8 Å². The van der Waals surface area contributed by atoms with Crippen molar-refractivity contribution in [1.29, 1.82) is 0 Å². The molecule has 1 saturated heterocycles. The van der Waals surface area contributed by atoms with Crippen LogP contribution in [0.5, 0.6) is 0 Å². The molecular formula is C18H35IN6O. The number of nitrogens with one attached hydrogen (secondary N) is 1. The summed E-state index contributed by atoms with van der Waals surface area (Å²) >= 11 is 0. The lowest BCUT2D eigenvalue weighted by atomic mass is 9.97. The van der Waals surface area contributed by atoms with Crippen molar-refractivity contribution in [1.82, 2.24) is 25.3 Å². The largest absolute Gasteiger partial charge is 0.357 e. The van der Waals surface area contributed by atoms with Crippen LogP contribution in [-0.2, 0) is 12.0 Å². The number of likely N-dealkylation sites (N-methyl/N-ethyl adjacent to an activating group) is 1. The van der Waals surface area contributed by atoms with Gasteiger partial charge in [-0.15, -0.1) is 24.0 Å². The molecule has 0 aromatic carbocycles. The van der Waals surface area contributed by atoms with E-state index in [1.54, 1.807) is 0 Å². The van der Waals surface area contributed by atoms with Gasteiger partial charge in [0.1, 0.15) is 6.54 Å². The van der Waals surface area contributed by atoms with Crippen LogP contribution >= 0.6 is 24.0 Å². The third-order valence-electron chi connectivity index (χ3n) is 4.61. The number of hydrogen-bond acceptors (Lipinski definition) is 5. The third kappa shape index (κ3) is 6.07.